The molecule has 0 radical (unpaired) electrons. The Morgan fingerprint density at radius 2 is 1.58 bits per heavy atom. The van der Waals surface area contributed by atoms with Gasteiger partial charge >= 0.3 is 0 Å². The number of hydrogen-bond acceptors (Lipinski definition) is 5. The van der Waals surface area contributed by atoms with Gasteiger partial charge in [-0.15, -0.1) is 5.10 Å². The van der Waals surface area contributed by atoms with Crippen molar-refractivity contribution >= 4 is 5.78 Å². The molecule has 0 unspecified atom stereocenters. The number of aromatic nitrogens is 4. The van der Waals surface area contributed by atoms with Crippen LogP contribution in [-0.2, 0) is 0 Å². The Balaban J connectivity index is 1.85. The lowest BCUT2D eigenvalue weighted by Gasteiger charge is -2.10. The standard InChI is InChI=1S/C20H18N4O2/c1-13-4-6-14(7-5-13)19-22-20-21-11-10-16(24(20)23-19)15-8-9-17(25-2)18(12-15)26-3/h4-12H,1-3H3. The van der Waals surface area contributed by atoms with Crippen molar-refractivity contribution in [2.75, 3.05) is 14.2 Å². The highest BCUT2D eigenvalue weighted by molar-refractivity contribution is 5.67. The number of methoxy groups -OCH3 is 2. The van der Waals surface area contributed by atoms with Crippen molar-refractivity contribution in [1.82, 2.24) is 19.6 Å². The van der Waals surface area contributed by atoms with Gasteiger partial charge in [-0.3, -0.25) is 0 Å². The second-order valence-corrected chi connectivity index (χ2v) is 5.91. The van der Waals surface area contributed by atoms with Crippen molar-refractivity contribution in [1.29, 1.82) is 0 Å². The van der Waals surface area contributed by atoms with E-state index in [0.29, 0.717) is 23.1 Å². The van der Waals surface area contributed by atoms with Crippen LogP contribution in [0.2, 0.25) is 0 Å². The Bertz CT molecular complexity index is 1070. The number of benzene rings is 2. The lowest BCUT2D eigenvalue weighted by Crippen LogP contribution is -1.97. The van der Waals surface area contributed by atoms with Crippen LogP contribution in [0.1, 0.15) is 5.56 Å². The first-order chi connectivity index (χ1) is 12.7. The van der Waals surface area contributed by atoms with Gasteiger partial charge in [0.2, 0.25) is 0 Å². The van der Waals surface area contributed by atoms with Crippen LogP contribution in [0.5, 0.6) is 11.5 Å². The lowest BCUT2D eigenvalue weighted by atomic mass is 10.1. The second kappa shape index (κ2) is 6.48. The normalized spacial score (nSPS) is 10.9. The number of ether oxygens (including phenoxy) is 2. The predicted octanol–water partition coefficient (Wildman–Crippen LogP) is 3.78. The largest absolute Gasteiger partial charge is 0.493 e. The first kappa shape index (κ1) is 16.1. The van der Waals surface area contributed by atoms with Crippen LogP contribution >= 0.6 is 0 Å². The maximum Gasteiger partial charge on any atom is 0.253 e. The molecule has 0 aliphatic rings. The van der Waals surface area contributed by atoms with Gasteiger partial charge in [0.25, 0.3) is 5.78 Å². The Kier molecular flexibility index (Phi) is 4.01. The van der Waals surface area contributed by atoms with Crippen LogP contribution in [0.25, 0.3) is 28.4 Å². The molecule has 0 amide bonds. The zero-order chi connectivity index (χ0) is 18.1. The molecule has 4 rings (SSSR count). The molecule has 0 atom stereocenters. The predicted molar refractivity (Wildman–Crippen MR) is 99.5 cm³/mol. The van der Waals surface area contributed by atoms with Crippen LogP contribution in [-0.4, -0.2) is 33.8 Å². The van der Waals surface area contributed by atoms with E-state index in [-0.39, 0.29) is 0 Å². The number of hydrogen-bond donors (Lipinski definition) is 0. The van der Waals surface area contributed by atoms with E-state index in [1.165, 1.54) is 5.56 Å². The summed E-state index contributed by atoms with van der Waals surface area (Å²) in [5.74, 6) is 2.53. The summed E-state index contributed by atoms with van der Waals surface area (Å²) in [4.78, 5) is 8.90. The molecule has 0 fully saturated rings. The molecule has 130 valence electrons. The molecule has 2 aromatic carbocycles. The Hall–Kier alpha value is -3.41. The number of rotatable bonds is 4. The highest BCUT2D eigenvalue weighted by Gasteiger charge is 2.13. The van der Waals surface area contributed by atoms with Crippen molar-refractivity contribution in [3.8, 4) is 34.1 Å². The van der Waals surface area contributed by atoms with Crippen molar-refractivity contribution in [3.05, 3.63) is 60.3 Å². The molecule has 2 aromatic heterocycles. The molecule has 6 nitrogen and oxygen atoms in total. The van der Waals surface area contributed by atoms with Gasteiger partial charge in [0.1, 0.15) is 0 Å². The molecule has 0 aliphatic carbocycles. The fourth-order valence-electron chi connectivity index (χ4n) is 2.83. The molecule has 4 aromatic rings. The van der Waals surface area contributed by atoms with Gasteiger partial charge in [-0.25, -0.2) is 4.98 Å². The van der Waals surface area contributed by atoms with Gasteiger partial charge in [0.15, 0.2) is 17.3 Å². The third-order valence-electron chi connectivity index (χ3n) is 4.23. The van der Waals surface area contributed by atoms with Gasteiger partial charge in [0, 0.05) is 17.3 Å². The second-order valence-electron chi connectivity index (χ2n) is 5.91. The topological polar surface area (TPSA) is 61.5 Å². The van der Waals surface area contributed by atoms with Crippen LogP contribution in [0.15, 0.2) is 54.7 Å². The number of nitrogens with zero attached hydrogens (tertiary/aromatic N) is 4. The van der Waals surface area contributed by atoms with E-state index in [4.69, 9.17) is 9.47 Å². The van der Waals surface area contributed by atoms with Gasteiger partial charge in [-0.2, -0.15) is 9.50 Å². The average molecular weight is 346 g/mol. The highest BCUT2D eigenvalue weighted by Crippen LogP contribution is 2.32. The SMILES string of the molecule is COc1ccc(-c2ccnc3nc(-c4ccc(C)cc4)nn23)cc1OC. The molecule has 0 N–H and O–H groups in total. The smallest absolute Gasteiger partial charge is 0.253 e. The molecule has 0 saturated heterocycles. The average Bonchev–Trinajstić information content (AvgIpc) is 3.12. The summed E-state index contributed by atoms with van der Waals surface area (Å²) in [5, 5.41) is 4.66. The van der Waals surface area contributed by atoms with Gasteiger partial charge in [-0.05, 0) is 31.2 Å². The molecular formula is C20H18N4O2. The molecule has 26 heavy (non-hydrogen) atoms. The molecule has 2 heterocycles. The van der Waals surface area contributed by atoms with Crippen LogP contribution < -0.4 is 9.47 Å². The monoisotopic (exact) mass is 346 g/mol. The van der Waals surface area contributed by atoms with Gasteiger partial charge in [0.05, 0.1) is 19.9 Å². The van der Waals surface area contributed by atoms with E-state index in [0.717, 1.165) is 16.8 Å². The zero-order valence-electron chi connectivity index (χ0n) is 14.8. The maximum absolute atomic E-state index is 5.41. The minimum Gasteiger partial charge on any atom is -0.493 e. The lowest BCUT2D eigenvalue weighted by molar-refractivity contribution is 0.355. The first-order valence-corrected chi connectivity index (χ1v) is 8.21. The van der Waals surface area contributed by atoms with Crippen molar-refractivity contribution in [2.24, 2.45) is 0 Å². The Morgan fingerprint density at radius 3 is 2.31 bits per heavy atom. The number of fused-ring (bicyclic) bond motifs is 1. The summed E-state index contributed by atoms with van der Waals surface area (Å²) >= 11 is 0. The van der Waals surface area contributed by atoms with E-state index in [9.17, 15) is 0 Å². The van der Waals surface area contributed by atoms with E-state index in [1.54, 1.807) is 24.9 Å². The van der Waals surface area contributed by atoms with E-state index < -0.39 is 0 Å². The fourth-order valence-corrected chi connectivity index (χ4v) is 2.83. The molecule has 0 aliphatic heterocycles. The van der Waals surface area contributed by atoms with Crippen LogP contribution in [0.3, 0.4) is 0 Å². The van der Waals surface area contributed by atoms with E-state index in [1.807, 2.05) is 48.5 Å². The maximum atomic E-state index is 5.41. The molecule has 6 heteroatoms. The molecule has 0 bridgehead atoms. The fraction of sp³-hybridized carbons (Fsp3) is 0.150. The summed E-state index contributed by atoms with van der Waals surface area (Å²) in [6.45, 7) is 2.05. The van der Waals surface area contributed by atoms with E-state index >= 15 is 0 Å². The molecular weight excluding hydrogens is 328 g/mol. The molecule has 0 spiro atoms. The summed E-state index contributed by atoms with van der Waals surface area (Å²) in [5.41, 5.74) is 3.97. The van der Waals surface area contributed by atoms with Gasteiger partial charge < -0.3 is 9.47 Å². The Labute approximate surface area is 151 Å². The summed E-state index contributed by atoms with van der Waals surface area (Å²) in [7, 11) is 3.24. The highest BCUT2D eigenvalue weighted by atomic mass is 16.5. The third kappa shape index (κ3) is 2.75. The van der Waals surface area contributed by atoms with Crippen molar-refractivity contribution < 1.29 is 9.47 Å². The van der Waals surface area contributed by atoms with E-state index in [2.05, 4.69) is 22.0 Å². The summed E-state index contributed by atoms with van der Waals surface area (Å²) < 4.78 is 12.5. The quantitative estimate of drug-likeness (QED) is 0.563. The summed E-state index contributed by atoms with van der Waals surface area (Å²) in [6.07, 6.45) is 1.73. The summed E-state index contributed by atoms with van der Waals surface area (Å²) in [6, 6.07) is 15.8. The third-order valence-corrected chi connectivity index (χ3v) is 4.23. The zero-order valence-corrected chi connectivity index (χ0v) is 14.8. The minimum absolute atomic E-state index is 0.549. The molecule has 0 saturated carbocycles. The van der Waals surface area contributed by atoms with Crippen LogP contribution in [0.4, 0.5) is 0 Å². The Morgan fingerprint density at radius 1 is 0.846 bits per heavy atom. The van der Waals surface area contributed by atoms with Crippen LogP contribution in [0, 0.1) is 6.92 Å². The van der Waals surface area contributed by atoms with Crippen molar-refractivity contribution in [3.63, 3.8) is 0 Å². The van der Waals surface area contributed by atoms with Gasteiger partial charge in [-0.1, -0.05) is 29.8 Å². The minimum atomic E-state index is 0.549. The number of aryl methyl sites for hydroxylation is 1. The first-order valence-electron chi connectivity index (χ1n) is 8.21. The van der Waals surface area contributed by atoms with Crippen molar-refractivity contribution in [2.45, 2.75) is 6.92 Å².